The molecular formula is C17H16Br3N3O. The lowest BCUT2D eigenvalue weighted by atomic mass is 10.1. The Morgan fingerprint density at radius 2 is 1.71 bits per heavy atom. The SMILES string of the molecule is CC/C(=N/NC(=O)CNc1c(Br)cc(Br)cc1Br)c1ccccc1. The smallest absolute Gasteiger partial charge is 0.259 e. The van der Waals surface area contributed by atoms with Gasteiger partial charge in [-0.15, -0.1) is 0 Å². The van der Waals surface area contributed by atoms with Gasteiger partial charge in [-0.25, -0.2) is 5.43 Å². The van der Waals surface area contributed by atoms with E-state index in [-0.39, 0.29) is 12.5 Å². The Morgan fingerprint density at radius 3 is 2.29 bits per heavy atom. The van der Waals surface area contributed by atoms with Crippen LogP contribution in [0.3, 0.4) is 0 Å². The van der Waals surface area contributed by atoms with Gasteiger partial charge in [-0.05, 0) is 56.0 Å². The van der Waals surface area contributed by atoms with Crippen LogP contribution in [0.15, 0.2) is 61.0 Å². The van der Waals surface area contributed by atoms with E-state index < -0.39 is 0 Å². The summed E-state index contributed by atoms with van der Waals surface area (Å²) in [5, 5.41) is 7.32. The summed E-state index contributed by atoms with van der Waals surface area (Å²) in [7, 11) is 0. The highest BCUT2D eigenvalue weighted by Crippen LogP contribution is 2.34. The van der Waals surface area contributed by atoms with Crippen LogP contribution in [0.25, 0.3) is 0 Å². The van der Waals surface area contributed by atoms with Crippen LogP contribution >= 0.6 is 47.8 Å². The number of carbonyl (C=O) groups excluding carboxylic acids is 1. The molecule has 0 aliphatic rings. The molecule has 0 spiro atoms. The van der Waals surface area contributed by atoms with Crippen LogP contribution in [0.5, 0.6) is 0 Å². The molecule has 0 aliphatic carbocycles. The minimum Gasteiger partial charge on any atom is -0.374 e. The minimum absolute atomic E-state index is 0.119. The van der Waals surface area contributed by atoms with Gasteiger partial charge < -0.3 is 5.32 Å². The zero-order valence-electron chi connectivity index (χ0n) is 12.9. The summed E-state index contributed by atoms with van der Waals surface area (Å²) in [5.74, 6) is -0.210. The van der Waals surface area contributed by atoms with Crippen LogP contribution in [0.1, 0.15) is 18.9 Å². The van der Waals surface area contributed by atoms with Gasteiger partial charge in [-0.2, -0.15) is 5.10 Å². The van der Waals surface area contributed by atoms with E-state index in [0.717, 1.165) is 36.8 Å². The maximum atomic E-state index is 12.0. The first-order valence-electron chi connectivity index (χ1n) is 7.30. The number of rotatable bonds is 6. The highest BCUT2D eigenvalue weighted by atomic mass is 79.9. The number of amides is 1. The highest BCUT2D eigenvalue weighted by Gasteiger charge is 2.09. The molecule has 7 heteroatoms. The average Bonchev–Trinajstić information content (AvgIpc) is 2.55. The van der Waals surface area contributed by atoms with E-state index in [1.54, 1.807) is 0 Å². The number of hydrazone groups is 1. The minimum atomic E-state index is -0.210. The monoisotopic (exact) mass is 515 g/mol. The molecule has 1 amide bonds. The first-order chi connectivity index (χ1) is 11.5. The summed E-state index contributed by atoms with van der Waals surface area (Å²) in [6.07, 6.45) is 0.738. The maximum Gasteiger partial charge on any atom is 0.259 e. The lowest BCUT2D eigenvalue weighted by Crippen LogP contribution is -2.27. The number of carbonyl (C=O) groups is 1. The Labute approximate surface area is 166 Å². The van der Waals surface area contributed by atoms with E-state index in [9.17, 15) is 4.79 Å². The molecule has 0 saturated carbocycles. The molecule has 0 heterocycles. The van der Waals surface area contributed by atoms with Crippen molar-refractivity contribution in [2.75, 3.05) is 11.9 Å². The standard InChI is InChI=1S/C17H16Br3N3O/c1-2-15(11-6-4-3-5-7-11)22-23-16(24)10-21-17-13(19)8-12(18)9-14(17)20/h3-9,21H,2,10H2,1H3,(H,23,24)/b22-15-. The van der Waals surface area contributed by atoms with E-state index >= 15 is 0 Å². The van der Waals surface area contributed by atoms with E-state index in [4.69, 9.17) is 0 Å². The van der Waals surface area contributed by atoms with Crippen molar-refractivity contribution < 1.29 is 4.79 Å². The second-order valence-electron chi connectivity index (χ2n) is 4.91. The van der Waals surface area contributed by atoms with Crippen molar-refractivity contribution in [3.8, 4) is 0 Å². The van der Waals surface area contributed by atoms with Gasteiger partial charge in [0.1, 0.15) is 0 Å². The van der Waals surface area contributed by atoms with Gasteiger partial charge >= 0.3 is 0 Å². The van der Waals surface area contributed by atoms with E-state index in [2.05, 4.69) is 63.6 Å². The number of hydrogen-bond acceptors (Lipinski definition) is 3. The Kier molecular flexibility index (Phi) is 7.45. The summed E-state index contributed by atoms with van der Waals surface area (Å²) < 4.78 is 2.66. The number of hydrogen-bond donors (Lipinski definition) is 2. The third kappa shape index (κ3) is 5.43. The van der Waals surface area contributed by atoms with Crippen LogP contribution in [0, 0.1) is 0 Å². The summed E-state index contributed by atoms with van der Waals surface area (Å²) in [6, 6.07) is 13.6. The Balaban J connectivity index is 1.97. The van der Waals surface area contributed by atoms with Crippen molar-refractivity contribution in [2.45, 2.75) is 13.3 Å². The lowest BCUT2D eigenvalue weighted by molar-refractivity contribution is -0.119. The molecule has 0 aromatic heterocycles. The third-order valence-corrected chi connectivity index (χ3v) is 4.90. The fourth-order valence-corrected chi connectivity index (χ4v) is 4.57. The van der Waals surface area contributed by atoms with Gasteiger partial charge in [0.15, 0.2) is 0 Å². The first-order valence-corrected chi connectivity index (χ1v) is 9.68. The Hall–Kier alpha value is -1.18. The summed E-state index contributed by atoms with van der Waals surface area (Å²) in [4.78, 5) is 12.0. The van der Waals surface area contributed by atoms with Crippen LogP contribution in [0.4, 0.5) is 5.69 Å². The molecule has 0 atom stereocenters. The summed E-state index contributed by atoms with van der Waals surface area (Å²) in [6.45, 7) is 2.13. The van der Waals surface area contributed by atoms with Crippen molar-refractivity contribution in [3.63, 3.8) is 0 Å². The molecule has 0 aliphatic heterocycles. The highest BCUT2D eigenvalue weighted by molar-refractivity contribution is 9.11. The summed E-state index contributed by atoms with van der Waals surface area (Å²) >= 11 is 10.4. The lowest BCUT2D eigenvalue weighted by Gasteiger charge is -2.11. The van der Waals surface area contributed by atoms with Crippen molar-refractivity contribution in [1.29, 1.82) is 0 Å². The zero-order valence-corrected chi connectivity index (χ0v) is 17.7. The molecule has 2 rings (SSSR count). The van der Waals surface area contributed by atoms with Crippen molar-refractivity contribution >= 4 is 65.1 Å². The molecule has 0 radical (unpaired) electrons. The normalized spacial score (nSPS) is 11.2. The molecule has 2 aromatic carbocycles. The summed E-state index contributed by atoms with van der Waals surface area (Å²) in [5.41, 5.74) is 5.26. The van der Waals surface area contributed by atoms with Crippen molar-refractivity contribution in [3.05, 3.63) is 61.4 Å². The van der Waals surface area contributed by atoms with Gasteiger partial charge in [0.2, 0.25) is 0 Å². The molecule has 2 aromatic rings. The molecule has 0 bridgehead atoms. The molecule has 0 fully saturated rings. The van der Waals surface area contributed by atoms with Gasteiger partial charge in [0, 0.05) is 13.4 Å². The maximum absolute atomic E-state index is 12.0. The van der Waals surface area contributed by atoms with Gasteiger partial charge in [0.25, 0.3) is 5.91 Å². The molecule has 0 unspecified atom stereocenters. The fourth-order valence-electron chi connectivity index (χ4n) is 2.03. The van der Waals surface area contributed by atoms with Gasteiger partial charge in [-0.1, -0.05) is 53.2 Å². The van der Waals surface area contributed by atoms with Gasteiger partial charge in [-0.3, -0.25) is 4.79 Å². The van der Waals surface area contributed by atoms with Crippen LogP contribution in [-0.2, 0) is 4.79 Å². The number of halogens is 3. The zero-order chi connectivity index (χ0) is 17.5. The fraction of sp³-hybridized carbons (Fsp3) is 0.176. The molecular weight excluding hydrogens is 502 g/mol. The first kappa shape index (κ1) is 19.1. The molecule has 2 N–H and O–H groups in total. The Morgan fingerprint density at radius 1 is 1.08 bits per heavy atom. The number of benzene rings is 2. The second-order valence-corrected chi connectivity index (χ2v) is 7.54. The van der Waals surface area contributed by atoms with E-state index in [1.807, 2.05) is 49.4 Å². The van der Waals surface area contributed by atoms with Crippen LogP contribution < -0.4 is 10.7 Å². The van der Waals surface area contributed by atoms with Crippen molar-refractivity contribution in [2.24, 2.45) is 5.10 Å². The van der Waals surface area contributed by atoms with Crippen molar-refractivity contribution in [1.82, 2.24) is 5.43 Å². The van der Waals surface area contributed by atoms with Crippen LogP contribution in [-0.4, -0.2) is 18.2 Å². The largest absolute Gasteiger partial charge is 0.374 e. The van der Waals surface area contributed by atoms with Crippen LogP contribution in [0.2, 0.25) is 0 Å². The predicted octanol–water partition coefficient (Wildman–Crippen LogP) is 5.32. The average molecular weight is 518 g/mol. The molecule has 24 heavy (non-hydrogen) atoms. The predicted molar refractivity (Wildman–Crippen MR) is 109 cm³/mol. The molecule has 126 valence electrons. The van der Waals surface area contributed by atoms with Gasteiger partial charge in [0.05, 0.1) is 17.9 Å². The van der Waals surface area contributed by atoms with E-state index in [0.29, 0.717) is 0 Å². The topological polar surface area (TPSA) is 53.5 Å². The molecule has 0 saturated heterocycles. The number of nitrogens with one attached hydrogen (secondary N) is 2. The Bertz CT molecular complexity index is 725. The number of anilines is 1. The second kappa shape index (κ2) is 9.34. The quantitative estimate of drug-likeness (QED) is 0.403. The number of nitrogens with zero attached hydrogens (tertiary/aromatic N) is 1. The third-order valence-electron chi connectivity index (χ3n) is 3.19. The van der Waals surface area contributed by atoms with E-state index in [1.165, 1.54) is 0 Å². The molecule has 4 nitrogen and oxygen atoms in total.